The number of amides is 1. The Balaban J connectivity index is 1.25. The van der Waals surface area contributed by atoms with Crippen LogP contribution in [0.3, 0.4) is 0 Å². The van der Waals surface area contributed by atoms with Gasteiger partial charge in [-0.3, -0.25) is 4.79 Å². The molecule has 164 valence electrons. The highest BCUT2D eigenvalue weighted by atomic mass is 16.3. The molecule has 0 unspecified atom stereocenters. The molecule has 1 saturated heterocycles. The third kappa shape index (κ3) is 4.08. The van der Waals surface area contributed by atoms with Crippen LogP contribution in [-0.4, -0.2) is 38.8 Å². The molecule has 1 aromatic carbocycles. The SMILES string of the molecule is Cc1cccc(-c2nnc3ccc(N4CCC(C(=O)NCc5ccc(C)o5)CC4)nn23)c1. The van der Waals surface area contributed by atoms with Gasteiger partial charge >= 0.3 is 0 Å². The summed E-state index contributed by atoms with van der Waals surface area (Å²) in [6, 6.07) is 15.9. The van der Waals surface area contributed by atoms with E-state index in [0.717, 1.165) is 60.2 Å². The van der Waals surface area contributed by atoms with Crippen LogP contribution < -0.4 is 10.2 Å². The van der Waals surface area contributed by atoms with E-state index in [9.17, 15) is 4.79 Å². The van der Waals surface area contributed by atoms with Crippen LogP contribution in [0.1, 0.15) is 29.9 Å². The molecule has 0 atom stereocenters. The molecule has 0 spiro atoms. The number of rotatable bonds is 5. The van der Waals surface area contributed by atoms with Crippen LogP contribution in [0, 0.1) is 19.8 Å². The molecule has 5 rings (SSSR count). The van der Waals surface area contributed by atoms with Crippen molar-refractivity contribution in [2.45, 2.75) is 33.2 Å². The molecular formula is C24H26N6O2. The van der Waals surface area contributed by atoms with E-state index in [-0.39, 0.29) is 11.8 Å². The van der Waals surface area contributed by atoms with E-state index in [4.69, 9.17) is 9.52 Å². The summed E-state index contributed by atoms with van der Waals surface area (Å²) in [5, 5.41) is 16.4. The van der Waals surface area contributed by atoms with Crippen LogP contribution in [0.25, 0.3) is 17.0 Å². The number of aryl methyl sites for hydroxylation is 2. The highest BCUT2D eigenvalue weighted by molar-refractivity contribution is 5.78. The Morgan fingerprint density at radius 2 is 1.94 bits per heavy atom. The van der Waals surface area contributed by atoms with E-state index < -0.39 is 0 Å². The van der Waals surface area contributed by atoms with Gasteiger partial charge in [-0.05, 0) is 57.0 Å². The lowest BCUT2D eigenvalue weighted by atomic mass is 9.96. The molecule has 0 bridgehead atoms. The molecule has 1 aliphatic heterocycles. The van der Waals surface area contributed by atoms with E-state index in [0.29, 0.717) is 12.2 Å². The number of aromatic nitrogens is 4. The summed E-state index contributed by atoms with van der Waals surface area (Å²) in [6.45, 7) is 5.94. The van der Waals surface area contributed by atoms with Crippen molar-refractivity contribution < 1.29 is 9.21 Å². The lowest BCUT2D eigenvalue weighted by molar-refractivity contribution is -0.125. The third-order valence-corrected chi connectivity index (χ3v) is 5.95. The zero-order valence-corrected chi connectivity index (χ0v) is 18.3. The second-order valence-electron chi connectivity index (χ2n) is 8.35. The second kappa shape index (κ2) is 8.45. The first-order valence-corrected chi connectivity index (χ1v) is 10.9. The van der Waals surface area contributed by atoms with Crippen molar-refractivity contribution in [2.75, 3.05) is 18.0 Å². The Hall–Kier alpha value is -3.68. The summed E-state index contributed by atoms with van der Waals surface area (Å²) in [6.07, 6.45) is 1.57. The van der Waals surface area contributed by atoms with Crippen molar-refractivity contribution in [3.05, 3.63) is 65.6 Å². The number of benzene rings is 1. The number of anilines is 1. The molecule has 8 nitrogen and oxygen atoms in total. The van der Waals surface area contributed by atoms with Crippen LogP contribution >= 0.6 is 0 Å². The van der Waals surface area contributed by atoms with Crippen molar-refractivity contribution in [1.29, 1.82) is 0 Å². The van der Waals surface area contributed by atoms with Gasteiger partial charge in [0.25, 0.3) is 0 Å². The largest absolute Gasteiger partial charge is 0.465 e. The van der Waals surface area contributed by atoms with E-state index >= 15 is 0 Å². The number of furan rings is 1. The molecule has 3 aromatic heterocycles. The smallest absolute Gasteiger partial charge is 0.223 e. The maximum Gasteiger partial charge on any atom is 0.223 e. The number of hydrogen-bond donors (Lipinski definition) is 1. The average Bonchev–Trinajstić information content (AvgIpc) is 3.43. The lowest BCUT2D eigenvalue weighted by Gasteiger charge is -2.32. The van der Waals surface area contributed by atoms with Crippen LogP contribution in [0.15, 0.2) is 52.9 Å². The summed E-state index contributed by atoms with van der Waals surface area (Å²) < 4.78 is 7.33. The Morgan fingerprint density at radius 1 is 1.09 bits per heavy atom. The van der Waals surface area contributed by atoms with Gasteiger partial charge in [0.2, 0.25) is 5.91 Å². The number of piperidine rings is 1. The first-order chi connectivity index (χ1) is 15.6. The molecule has 8 heteroatoms. The van der Waals surface area contributed by atoms with E-state index in [1.54, 1.807) is 4.52 Å². The lowest BCUT2D eigenvalue weighted by Crippen LogP contribution is -2.40. The highest BCUT2D eigenvalue weighted by Crippen LogP contribution is 2.24. The fourth-order valence-corrected chi connectivity index (χ4v) is 4.18. The van der Waals surface area contributed by atoms with Gasteiger partial charge in [0.1, 0.15) is 17.3 Å². The third-order valence-electron chi connectivity index (χ3n) is 5.95. The van der Waals surface area contributed by atoms with Gasteiger partial charge in [0, 0.05) is 24.6 Å². The minimum Gasteiger partial charge on any atom is -0.465 e. The number of carbonyl (C=O) groups is 1. The van der Waals surface area contributed by atoms with Gasteiger partial charge in [-0.1, -0.05) is 23.8 Å². The standard InChI is InChI=1S/C24H26N6O2/c1-16-4-3-5-19(14-16)23-27-26-21-8-9-22(28-30(21)23)29-12-10-18(11-13-29)24(31)25-15-20-7-6-17(2)32-20/h3-9,14,18H,10-13,15H2,1-2H3,(H,25,31). The number of carbonyl (C=O) groups excluding carboxylic acids is 1. The minimum absolute atomic E-state index is 0.00352. The molecule has 0 aliphatic carbocycles. The van der Waals surface area contributed by atoms with Crippen molar-refractivity contribution in [3.8, 4) is 11.4 Å². The van der Waals surface area contributed by atoms with Crippen molar-refractivity contribution in [1.82, 2.24) is 25.1 Å². The van der Waals surface area contributed by atoms with Gasteiger partial charge in [-0.2, -0.15) is 4.52 Å². The van der Waals surface area contributed by atoms with Crippen LogP contribution in [0.5, 0.6) is 0 Å². The molecule has 1 aliphatic rings. The molecule has 0 saturated carbocycles. The van der Waals surface area contributed by atoms with E-state index in [2.05, 4.69) is 39.5 Å². The predicted molar refractivity (Wildman–Crippen MR) is 121 cm³/mol. The van der Waals surface area contributed by atoms with Crippen molar-refractivity contribution in [2.24, 2.45) is 5.92 Å². The van der Waals surface area contributed by atoms with Gasteiger partial charge < -0.3 is 14.6 Å². The Labute approximate surface area is 186 Å². The zero-order chi connectivity index (χ0) is 22.1. The average molecular weight is 431 g/mol. The van der Waals surface area contributed by atoms with Crippen molar-refractivity contribution in [3.63, 3.8) is 0 Å². The molecular weight excluding hydrogens is 404 g/mol. The molecule has 1 amide bonds. The minimum atomic E-state index is 0.00352. The van der Waals surface area contributed by atoms with Gasteiger partial charge in [-0.25, -0.2) is 0 Å². The normalized spacial score (nSPS) is 14.8. The Morgan fingerprint density at radius 3 is 2.69 bits per heavy atom. The fourth-order valence-electron chi connectivity index (χ4n) is 4.18. The predicted octanol–water partition coefficient (Wildman–Crippen LogP) is 3.53. The van der Waals surface area contributed by atoms with Crippen molar-refractivity contribution >= 4 is 17.4 Å². The van der Waals surface area contributed by atoms with Gasteiger partial charge in [-0.15, -0.1) is 15.3 Å². The summed E-state index contributed by atoms with van der Waals surface area (Å²) in [5.41, 5.74) is 2.87. The quantitative estimate of drug-likeness (QED) is 0.521. The summed E-state index contributed by atoms with van der Waals surface area (Å²) >= 11 is 0. The molecule has 1 fully saturated rings. The van der Waals surface area contributed by atoms with E-state index in [1.807, 2.05) is 43.3 Å². The maximum atomic E-state index is 12.6. The maximum absolute atomic E-state index is 12.6. The van der Waals surface area contributed by atoms with Gasteiger partial charge in [0.15, 0.2) is 11.5 Å². The Kier molecular flexibility index (Phi) is 5.34. The summed E-state index contributed by atoms with van der Waals surface area (Å²) in [5.74, 6) is 3.32. The van der Waals surface area contributed by atoms with E-state index in [1.165, 1.54) is 0 Å². The topological polar surface area (TPSA) is 88.6 Å². The number of nitrogens with one attached hydrogen (secondary N) is 1. The monoisotopic (exact) mass is 430 g/mol. The molecule has 0 radical (unpaired) electrons. The summed E-state index contributed by atoms with van der Waals surface area (Å²) in [4.78, 5) is 14.8. The van der Waals surface area contributed by atoms with Crippen LogP contribution in [-0.2, 0) is 11.3 Å². The fraction of sp³-hybridized carbons (Fsp3) is 0.333. The molecule has 4 aromatic rings. The van der Waals surface area contributed by atoms with Crippen LogP contribution in [0.2, 0.25) is 0 Å². The first-order valence-electron chi connectivity index (χ1n) is 10.9. The molecule has 4 heterocycles. The number of hydrogen-bond acceptors (Lipinski definition) is 6. The summed E-state index contributed by atoms with van der Waals surface area (Å²) in [7, 11) is 0. The number of fused-ring (bicyclic) bond motifs is 1. The van der Waals surface area contributed by atoms with Gasteiger partial charge in [0.05, 0.1) is 6.54 Å². The van der Waals surface area contributed by atoms with Crippen LogP contribution in [0.4, 0.5) is 5.82 Å². The zero-order valence-electron chi connectivity index (χ0n) is 18.3. The Bertz CT molecular complexity index is 1250. The number of nitrogens with zero attached hydrogens (tertiary/aromatic N) is 5. The molecule has 1 N–H and O–H groups in total. The highest BCUT2D eigenvalue weighted by Gasteiger charge is 2.26. The molecule has 32 heavy (non-hydrogen) atoms. The second-order valence-corrected chi connectivity index (χ2v) is 8.35. The first kappa shape index (κ1) is 20.2.